The molecule has 0 radical (unpaired) electrons. The van der Waals surface area contributed by atoms with Crippen molar-refractivity contribution in [3.05, 3.63) is 431 Å². The van der Waals surface area contributed by atoms with Crippen LogP contribution in [0.3, 0.4) is 0 Å². The smallest absolute Gasteiger partial charge is 0.171 e. The van der Waals surface area contributed by atoms with Gasteiger partial charge in [-0.15, -0.1) is 0 Å². The van der Waals surface area contributed by atoms with E-state index in [0.717, 1.165) is 167 Å². The van der Waals surface area contributed by atoms with Crippen molar-refractivity contribution < 1.29 is 4.57 Å². The van der Waals surface area contributed by atoms with Crippen molar-refractivity contribution >= 4 is 44.9 Å². The molecule has 0 aliphatic heterocycles. The Morgan fingerprint density at radius 2 is 0.532 bits per heavy atom. The average molecular weight is 1440 g/mol. The normalized spacial score (nSPS) is 11.3. The molecule has 0 saturated carbocycles. The summed E-state index contributed by atoms with van der Waals surface area (Å²) < 4.78 is 17.3. The Bertz CT molecular complexity index is 6470. The van der Waals surface area contributed by atoms with Gasteiger partial charge >= 0.3 is 0 Å². The second-order valence-electron chi connectivity index (χ2n) is 27.3. The van der Waals surface area contributed by atoms with E-state index < -0.39 is 7.14 Å². The van der Waals surface area contributed by atoms with Crippen molar-refractivity contribution in [1.82, 2.24) is 29.5 Å². The third-order valence-electron chi connectivity index (χ3n) is 20.5. The number of rotatable bonds is 16. The molecule has 111 heavy (non-hydrogen) atoms. The van der Waals surface area contributed by atoms with Gasteiger partial charge in [0.2, 0.25) is 0 Å². The van der Waals surface area contributed by atoms with Gasteiger partial charge in [-0.25, -0.2) is 24.9 Å². The molecule has 0 fully saturated rings. The summed E-state index contributed by atoms with van der Waals surface area (Å²) in [6, 6.07) is 148. The Hall–Kier alpha value is -14.4. The van der Waals surface area contributed by atoms with Crippen molar-refractivity contribution in [2.75, 3.05) is 0 Å². The highest BCUT2D eigenvalue weighted by molar-refractivity contribution is 7.85. The highest BCUT2D eigenvalue weighted by atomic mass is 31.2. The molecule has 3 aromatic heterocycles. The molecule has 0 bridgehead atoms. The van der Waals surface area contributed by atoms with Gasteiger partial charge in [0.05, 0.1) is 33.8 Å². The molecule has 8 heteroatoms. The van der Waals surface area contributed by atoms with Gasteiger partial charge in [-0.3, -0.25) is 4.57 Å². The number of benzene rings is 16. The number of nitrogens with zero attached hydrogens (tertiary/aromatic N) is 6. The van der Waals surface area contributed by atoms with Crippen molar-refractivity contribution in [3.63, 3.8) is 0 Å². The van der Waals surface area contributed by atoms with Crippen molar-refractivity contribution in [3.8, 4) is 141 Å². The molecule has 19 rings (SSSR count). The Labute approximate surface area is 646 Å². The number of hydrogen-bond donors (Lipinski definition) is 0. The summed E-state index contributed by atoms with van der Waals surface area (Å²) in [6.45, 7) is 0. The van der Waals surface area contributed by atoms with Crippen LogP contribution in [-0.2, 0) is 4.57 Å². The zero-order chi connectivity index (χ0) is 74.3. The lowest BCUT2D eigenvalue weighted by molar-refractivity contribution is 0.592. The molecule has 3 heterocycles. The van der Waals surface area contributed by atoms with Gasteiger partial charge in [0, 0.05) is 71.7 Å². The summed E-state index contributed by atoms with van der Waals surface area (Å²) in [5.74, 6) is 2.30. The highest BCUT2D eigenvalue weighted by Gasteiger charge is 2.30. The molecule has 19 aromatic rings. The van der Waals surface area contributed by atoms with E-state index in [9.17, 15) is 0 Å². The Morgan fingerprint density at radius 1 is 0.216 bits per heavy atom. The fourth-order valence-electron chi connectivity index (χ4n) is 15.0. The molecule has 0 aliphatic carbocycles. The second kappa shape index (κ2) is 30.8. The first-order valence-electron chi connectivity index (χ1n) is 37.3. The van der Waals surface area contributed by atoms with Crippen LogP contribution in [0.25, 0.3) is 162 Å². The maximum absolute atomic E-state index is 15.0. The van der Waals surface area contributed by atoms with Crippen LogP contribution in [-0.4, -0.2) is 29.5 Å². The fourth-order valence-corrected chi connectivity index (χ4v) is 17.7. The molecular weight excluding hydrogens is 1370 g/mol. The number of aromatic nitrogens is 6. The summed E-state index contributed by atoms with van der Waals surface area (Å²) in [5.41, 5.74) is 24.7. The van der Waals surface area contributed by atoms with Crippen LogP contribution in [0.5, 0.6) is 0 Å². The van der Waals surface area contributed by atoms with Crippen LogP contribution in [0.4, 0.5) is 0 Å². The lowest BCUT2D eigenvalue weighted by atomic mass is 9.90. The van der Waals surface area contributed by atoms with Crippen LogP contribution in [0.1, 0.15) is 0 Å². The Morgan fingerprint density at radius 3 is 0.991 bits per heavy atom. The van der Waals surface area contributed by atoms with E-state index in [1.807, 2.05) is 146 Å². The number of hydrogen-bond acceptors (Lipinski definition) is 6. The molecule has 0 unspecified atom stereocenters. The summed E-state index contributed by atoms with van der Waals surface area (Å²) in [5, 5.41) is 4.79. The van der Waals surface area contributed by atoms with E-state index in [-0.39, 0.29) is 0 Å². The van der Waals surface area contributed by atoms with Gasteiger partial charge in [0.1, 0.15) is 5.82 Å². The largest absolute Gasteiger partial charge is 0.309 e. The number of para-hydroxylation sites is 3. The zero-order valence-electron chi connectivity index (χ0n) is 60.5. The van der Waals surface area contributed by atoms with Gasteiger partial charge < -0.3 is 4.57 Å². The average Bonchev–Trinajstić information content (AvgIpc) is 1.56. The third-order valence-corrected chi connectivity index (χ3v) is 23.5. The minimum atomic E-state index is -3.08. The predicted molar refractivity (Wildman–Crippen MR) is 461 cm³/mol. The number of fused-ring (bicyclic) bond motifs is 2. The molecule has 0 N–H and O–H groups in total. The van der Waals surface area contributed by atoms with Crippen LogP contribution in [0.2, 0.25) is 0 Å². The summed E-state index contributed by atoms with van der Waals surface area (Å²) >= 11 is 0. The SMILES string of the molecule is O=P(c1ccccc1)(c1ccccc1)c1ccc(-c2ccc(-c3ccc(-c4nc(-c5ccccc5)nc(-c5ccccc5)c4-c4ccccc4)cc3)c3ccccc23)cc1.c1ccc(-c2nc(-c3ccccc3)c(-c3ccccc3)c(-c3cccc(-c4ccc(-c5nc6ccccc6n5-c5ccccc5)cc4)c3)n2)cc1. The van der Waals surface area contributed by atoms with E-state index in [2.05, 4.69) is 290 Å². The summed E-state index contributed by atoms with van der Waals surface area (Å²) in [4.78, 5) is 26.1. The van der Waals surface area contributed by atoms with Gasteiger partial charge in [0.15, 0.2) is 18.8 Å². The second-order valence-corrected chi connectivity index (χ2v) is 30.1. The fraction of sp³-hybridized carbons (Fsp3) is 0. The minimum Gasteiger partial charge on any atom is -0.309 e. The first-order chi connectivity index (χ1) is 54.9. The van der Waals surface area contributed by atoms with Crippen LogP contribution in [0, 0.1) is 0 Å². The zero-order valence-corrected chi connectivity index (χ0v) is 61.4. The first kappa shape index (κ1) is 68.5. The van der Waals surface area contributed by atoms with Gasteiger partial charge in [-0.2, -0.15) is 0 Å². The van der Waals surface area contributed by atoms with Crippen LogP contribution >= 0.6 is 7.14 Å². The molecule has 0 saturated heterocycles. The molecule has 0 spiro atoms. The predicted octanol–water partition coefficient (Wildman–Crippen LogP) is 25.1. The Balaban J connectivity index is 0.000000157. The molecule has 0 aliphatic rings. The molecule has 16 aromatic carbocycles. The van der Waals surface area contributed by atoms with Crippen LogP contribution in [0.15, 0.2) is 431 Å². The molecule has 524 valence electrons. The van der Waals surface area contributed by atoms with Gasteiger partial charge in [0.25, 0.3) is 0 Å². The summed E-state index contributed by atoms with van der Waals surface area (Å²) in [7, 11) is -3.08. The standard InChI is InChI=1S/C56H39N2OP.C47H32N4/c59-60(46-24-12-4-13-25-46,47-26-14-5-15-27-47)48-36-34-41(35-37-48)50-39-38-49(51-28-16-17-29-52(50)51)40-30-32-44(33-31-40)55-53(42-18-6-1-7-19-42)54(43-20-8-2-9-21-43)57-56(58-55)45-22-10-3-11-23-45;1-5-16-34(17-6-1)43-44(35-18-7-2-8-19-35)49-46(36-20-9-3-10-21-36)50-45(43)39-23-15-22-38(32-39)33-28-30-37(31-29-33)47-48-41-26-13-14-27-42(41)51(47)40-24-11-4-12-25-40/h1-39H;1-32H. The van der Waals surface area contributed by atoms with Crippen molar-refractivity contribution in [1.29, 1.82) is 0 Å². The summed E-state index contributed by atoms with van der Waals surface area (Å²) in [6.07, 6.45) is 0. The van der Waals surface area contributed by atoms with Gasteiger partial charge in [-0.05, 0) is 85.6 Å². The Kier molecular flexibility index (Phi) is 19.0. The van der Waals surface area contributed by atoms with E-state index in [0.29, 0.717) is 11.6 Å². The minimum absolute atomic E-state index is 0.686. The van der Waals surface area contributed by atoms with E-state index in [1.165, 1.54) is 0 Å². The van der Waals surface area contributed by atoms with Crippen molar-refractivity contribution in [2.45, 2.75) is 0 Å². The van der Waals surface area contributed by atoms with Crippen LogP contribution < -0.4 is 15.9 Å². The molecule has 0 amide bonds. The van der Waals surface area contributed by atoms with Gasteiger partial charge in [-0.1, -0.05) is 400 Å². The maximum atomic E-state index is 15.0. The lowest BCUT2D eigenvalue weighted by Gasteiger charge is -2.20. The van der Waals surface area contributed by atoms with E-state index in [4.69, 9.17) is 24.9 Å². The molecular formula is C103H71N6OP. The lowest BCUT2D eigenvalue weighted by Crippen LogP contribution is -2.24. The monoisotopic (exact) mass is 1440 g/mol. The quantitative estimate of drug-likeness (QED) is 0.0896. The van der Waals surface area contributed by atoms with Crippen molar-refractivity contribution in [2.24, 2.45) is 0 Å². The third kappa shape index (κ3) is 13.8. The number of imidazole rings is 1. The maximum Gasteiger partial charge on any atom is 0.171 e. The first-order valence-corrected chi connectivity index (χ1v) is 39.0. The molecule has 7 nitrogen and oxygen atoms in total. The topological polar surface area (TPSA) is 86.5 Å². The molecule has 0 atom stereocenters. The van der Waals surface area contributed by atoms with E-state index in [1.54, 1.807) is 0 Å². The highest BCUT2D eigenvalue weighted by Crippen LogP contribution is 2.46. The van der Waals surface area contributed by atoms with E-state index >= 15 is 4.57 Å².